The number of nitrogens with one attached hydrogen (secondary N) is 1. The minimum Gasteiger partial charge on any atom is -0.480 e. The first-order valence-corrected chi connectivity index (χ1v) is 11.6. The maximum absolute atomic E-state index is 12.8. The van der Waals surface area contributed by atoms with Crippen molar-refractivity contribution in [2.24, 2.45) is 5.92 Å². The van der Waals surface area contributed by atoms with Crippen LogP contribution >= 0.6 is 0 Å². The zero-order valence-corrected chi connectivity index (χ0v) is 20.0. The van der Waals surface area contributed by atoms with E-state index in [4.69, 9.17) is 4.98 Å². The van der Waals surface area contributed by atoms with Gasteiger partial charge in [0.1, 0.15) is 6.04 Å². The molecule has 0 saturated carbocycles. The molecule has 35 heavy (non-hydrogen) atoms. The van der Waals surface area contributed by atoms with E-state index in [2.05, 4.69) is 20.6 Å². The SMILES string of the molecule is CCCC(=O)N(Cc1ccc2nc(-c3ccccc3-c3nn[nH]n3)ccc2c1)[C@H](C(=O)O)C(C)C. The number of fused-ring (bicyclic) bond motifs is 1. The predicted octanol–water partition coefficient (Wildman–Crippen LogP) is 4.32. The number of rotatable bonds is 9. The molecule has 4 rings (SSSR count). The van der Waals surface area contributed by atoms with Crippen molar-refractivity contribution in [1.82, 2.24) is 30.5 Å². The summed E-state index contributed by atoms with van der Waals surface area (Å²) < 4.78 is 0. The van der Waals surface area contributed by atoms with E-state index in [0.29, 0.717) is 18.7 Å². The molecule has 0 saturated heterocycles. The number of carbonyl (C=O) groups is 2. The van der Waals surface area contributed by atoms with Gasteiger partial charge in [0.25, 0.3) is 0 Å². The highest BCUT2D eigenvalue weighted by molar-refractivity contribution is 5.86. The molecule has 1 atom stereocenters. The van der Waals surface area contributed by atoms with E-state index in [1.165, 1.54) is 4.90 Å². The Morgan fingerprint density at radius 2 is 1.83 bits per heavy atom. The Morgan fingerprint density at radius 3 is 2.49 bits per heavy atom. The van der Waals surface area contributed by atoms with Crippen LogP contribution in [-0.4, -0.2) is 53.5 Å². The lowest BCUT2D eigenvalue weighted by Crippen LogP contribution is -2.47. The molecule has 9 nitrogen and oxygen atoms in total. The van der Waals surface area contributed by atoms with Crippen molar-refractivity contribution in [2.75, 3.05) is 0 Å². The van der Waals surface area contributed by atoms with E-state index in [-0.39, 0.29) is 18.4 Å². The van der Waals surface area contributed by atoms with Crippen molar-refractivity contribution in [3.05, 3.63) is 60.2 Å². The molecule has 2 aromatic carbocycles. The fraction of sp³-hybridized carbons (Fsp3) is 0.308. The van der Waals surface area contributed by atoms with E-state index in [1.54, 1.807) is 0 Å². The first-order chi connectivity index (χ1) is 16.9. The Bertz CT molecular complexity index is 1340. The maximum atomic E-state index is 12.8. The van der Waals surface area contributed by atoms with Gasteiger partial charge in [0, 0.05) is 29.5 Å². The normalized spacial score (nSPS) is 12.1. The lowest BCUT2D eigenvalue weighted by Gasteiger charge is -2.31. The summed E-state index contributed by atoms with van der Waals surface area (Å²) in [5, 5.41) is 25.0. The number of nitrogens with zero attached hydrogens (tertiary/aromatic N) is 5. The van der Waals surface area contributed by atoms with E-state index >= 15 is 0 Å². The number of H-pyrrole nitrogens is 1. The highest BCUT2D eigenvalue weighted by Crippen LogP contribution is 2.30. The van der Waals surface area contributed by atoms with Crippen molar-refractivity contribution in [3.63, 3.8) is 0 Å². The van der Waals surface area contributed by atoms with Gasteiger partial charge in [-0.15, -0.1) is 10.2 Å². The number of aromatic amines is 1. The highest BCUT2D eigenvalue weighted by atomic mass is 16.4. The number of hydrogen-bond donors (Lipinski definition) is 2. The largest absolute Gasteiger partial charge is 0.480 e. The summed E-state index contributed by atoms with van der Waals surface area (Å²) in [5.74, 6) is -0.859. The summed E-state index contributed by atoms with van der Waals surface area (Å²) in [4.78, 5) is 31.1. The summed E-state index contributed by atoms with van der Waals surface area (Å²) in [6, 6.07) is 16.5. The average Bonchev–Trinajstić information content (AvgIpc) is 3.38. The van der Waals surface area contributed by atoms with Crippen LogP contribution in [0.25, 0.3) is 33.5 Å². The number of aliphatic carboxylic acids is 1. The van der Waals surface area contributed by atoms with E-state index in [9.17, 15) is 14.7 Å². The maximum Gasteiger partial charge on any atom is 0.326 e. The molecule has 0 fully saturated rings. The van der Waals surface area contributed by atoms with Crippen LogP contribution in [0.15, 0.2) is 54.6 Å². The number of benzene rings is 2. The van der Waals surface area contributed by atoms with Gasteiger partial charge < -0.3 is 10.0 Å². The van der Waals surface area contributed by atoms with E-state index in [1.807, 2.05) is 75.4 Å². The van der Waals surface area contributed by atoms with Gasteiger partial charge in [-0.3, -0.25) is 4.79 Å². The fourth-order valence-electron chi connectivity index (χ4n) is 4.27. The van der Waals surface area contributed by atoms with Crippen molar-refractivity contribution in [1.29, 1.82) is 0 Å². The van der Waals surface area contributed by atoms with Crippen LogP contribution in [0.2, 0.25) is 0 Å². The van der Waals surface area contributed by atoms with Crippen molar-refractivity contribution in [2.45, 2.75) is 46.2 Å². The monoisotopic (exact) mass is 472 g/mol. The van der Waals surface area contributed by atoms with Gasteiger partial charge in [0.2, 0.25) is 11.7 Å². The third-order valence-corrected chi connectivity index (χ3v) is 5.90. The molecule has 0 aliphatic heterocycles. The second kappa shape index (κ2) is 10.4. The predicted molar refractivity (Wildman–Crippen MR) is 132 cm³/mol. The average molecular weight is 473 g/mol. The molecule has 180 valence electrons. The standard InChI is InChI=1S/C26H28N6O3/c1-4-7-23(33)32(24(16(2)3)26(34)35)15-17-10-12-21-18(14-17)11-13-22(27-21)19-8-5-6-9-20(19)25-28-30-31-29-25/h5-6,8-14,16,24H,4,7,15H2,1-3H3,(H,34,35)(H,28,29,30,31)/t24-/m0/s1. The molecular weight excluding hydrogens is 444 g/mol. The Labute approximate surface area is 203 Å². The smallest absolute Gasteiger partial charge is 0.326 e. The third-order valence-electron chi connectivity index (χ3n) is 5.90. The molecule has 0 aliphatic rings. The molecule has 0 spiro atoms. The number of amides is 1. The van der Waals surface area contributed by atoms with Crippen molar-refractivity contribution < 1.29 is 14.7 Å². The van der Waals surface area contributed by atoms with Gasteiger partial charge in [0.15, 0.2) is 0 Å². The Balaban J connectivity index is 1.67. The van der Waals surface area contributed by atoms with Crippen LogP contribution in [0.4, 0.5) is 0 Å². The molecule has 2 N–H and O–H groups in total. The Morgan fingerprint density at radius 1 is 1.06 bits per heavy atom. The quantitative estimate of drug-likeness (QED) is 0.372. The van der Waals surface area contributed by atoms with E-state index < -0.39 is 12.0 Å². The fourth-order valence-corrected chi connectivity index (χ4v) is 4.27. The molecule has 1 amide bonds. The van der Waals surface area contributed by atoms with Crippen LogP contribution in [0, 0.1) is 5.92 Å². The zero-order valence-electron chi connectivity index (χ0n) is 20.0. The number of hydrogen-bond acceptors (Lipinski definition) is 6. The molecule has 4 aromatic rings. The van der Waals surface area contributed by atoms with Crippen LogP contribution in [-0.2, 0) is 16.1 Å². The molecule has 0 radical (unpaired) electrons. The number of carboxylic acids is 1. The molecule has 2 heterocycles. The zero-order chi connectivity index (χ0) is 24.9. The van der Waals surface area contributed by atoms with Gasteiger partial charge in [-0.05, 0) is 41.3 Å². The molecule has 0 bridgehead atoms. The van der Waals surface area contributed by atoms with Gasteiger partial charge in [-0.25, -0.2) is 9.78 Å². The van der Waals surface area contributed by atoms with Gasteiger partial charge in [-0.2, -0.15) is 5.21 Å². The first-order valence-electron chi connectivity index (χ1n) is 11.6. The first kappa shape index (κ1) is 24.0. The molecule has 2 aromatic heterocycles. The number of pyridine rings is 1. The lowest BCUT2D eigenvalue weighted by atomic mass is 10.00. The van der Waals surface area contributed by atoms with Crippen LogP contribution in [0.1, 0.15) is 39.2 Å². The topological polar surface area (TPSA) is 125 Å². The second-order valence-electron chi connectivity index (χ2n) is 8.80. The van der Waals surface area contributed by atoms with E-state index in [0.717, 1.165) is 33.3 Å². The molecule has 0 unspecified atom stereocenters. The van der Waals surface area contributed by atoms with Gasteiger partial charge in [-0.1, -0.05) is 57.2 Å². The molecule has 9 heteroatoms. The lowest BCUT2D eigenvalue weighted by molar-refractivity contribution is -0.153. The van der Waals surface area contributed by atoms with Crippen LogP contribution in [0.3, 0.4) is 0 Å². The summed E-state index contributed by atoms with van der Waals surface area (Å²) in [7, 11) is 0. The van der Waals surface area contributed by atoms with Crippen molar-refractivity contribution in [3.8, 4) is 22.6 Å². The van der Waals surface area contributed by atoms with Gasteiger partial charge in [0.05, 0.1) is 11.2 Å². The number of tetrazole rings is 1. The number of aromatic nitrogens is 5. The summed E-state index contributed by atoms with van der Waals surface area (Å²) in [6.45, 7) is 5.79. The summed E-state index contributed by atoms with van der Waals surface area (Å²) >= 11 is 0. The summed E-state index contributed by atoms with van der Waals surface area (Å²) in [5.41, 5.74) is 4.13. The summed E-state index contributed by atoms with van der Waals surface area (Å²) in [6.07, 6.45) is 0.976. The van der Waals surface area contributed by atoms with Crippen LogP contribution < -0.4 is 0 Å². The Kier molecular flexibility index (Phi) is 7.14. The van der Waals surface area contributed by atoms with Gasteiger partial charge >= 0.3 is 5.97 Å². The molecule has 0 aliphatic carbocycles. The second-order valence-corrected chi connectivity index (χ2v) is 8.80. The van der Waals surface area contributed by atoms with Crippen LogP contribution in [0.5, 0.6) is 0 Å². The Hall–Kier alpha value is -4.14. The number of carbonyl (C=O) groups excluding carboxylic acids is 1. The number of carboxylic acid groups (broad SMARTS) is 1. The highest BCUT2D eigenvalue weighted by Gasteiger charge is 2.32. The molecular formula is C26H28N6O3. The third kappa shape index (κ3) is 5.18. The minimum atomic E-state index is -0.989. The minimum absolute atomic E-state index is 0.153. The van der Waals surface area contributed by atoms with Crippen molar-refractivity contribution >= 4 is 22.8 Å².